The van der Waals surface area contributed by atoms with Crippen LogP contribution in [0.5, 0.6) is 0 Å². The Bertz CT molecular complexity index is 560. The molecule has 1 nitrogen and oxygen atoms in total. The van der Waals surface area contributed by atoms with Gasteiger partial charge in [0.15, 0.2) is 0 Å². The van der Waals surface area contributed by atoms with E-state index in [-0.39, 0.29) is 6.04 Å². The Hall–Kier alpha value is -0.640. The van der Waals surface area contributed by atoms with Crippen LogP contribution < -0.4 is 5.32 Å². The number of halogens is 1. The molecule has 0 saturated carbocycles. The van der Waals surface area contributed by atoms with Crippen molar-refractivity contribution in [1.82, 2.24) is 5.32 Å². The highest BCUT2D eigenvalue weighted by atomic mass is 79.9. The first-order chi connectivity index (χ1) is 8.54. The summed E-state index contributed by atoms with van der Waals surface area (Å²) in [6.07, 6.45) is 0. The van der Waals surface area contributed by atoms with Crippen molar-refractivity contribution in [1.29, 1.82) is 0 Å². The molecule has 0 aliphatic rings. The minimum absolute atomic E-state index is 0.281. The van der Waals surface area contributed by atoms with E-state index in [1.165, 1.54) is 32.3 Å². The lowest BCUT2D eigenvalue weighted by Gasteiger charge is -2.20. The summed E-state index contributed by atoms with van der Waals surface area (Å²) in [7, 11) is 2.03. The average molecular weight is 324 g/mol. The van der Waals surface area contributed by atoms with Crippen LogP contribution in [0.15, 0.2) is 27.4 Å². The summed E-state index contributed by atoms with van der Waals surface area (Å²) in [5.41, 5.74) is 6.70. The largest absolute Gasteiger partial charge is 0.309 e. The molecule has 1 aromatic heterocycles. The van der Waals surface area contributed by atoms with Crippen molar-refractivity contribution < 1.29 is 0 Å². The second-order valence-corrected chi connectivity index (χ2v) is 6.29. The molecule has 0 aliphatic carbocycles. The van der Waals surface area contributed by atoms with Gasteiger partial charge in [0.25, 0.3) is 0 Å². The molecule has 1 aromatic carbocycles. The summed E-state index contributed by atoms with van der Waals surface area (Å²) in [4.78, 5) is 0. The van der Waals surface area contributed by atoms with E-state index in [1.54, 1.807) is 11.3 Å². The molecule has 1 unspecified atom stereocenters. The Morgan fingerprint density at radius 2 is 1.72 bits per heavy atom. The lowest BCUT2D eigenvalue weighted by Crippen LogP contribution is -2.19. The summed E-state index contributed by atoms with van der Waals surface area (Å²) in [6, 6.07) is 4.76. The van der Waals surface area contributed by atoms with Gasteiger partial charge in [0.2, 0.25) is 0 Å². The molecule has 1 N–H and O–H groups in total. The number of aryl methyl sites for hydroxylation is 3. The molecule has 0 amide bonds. The summed E-state index contributed by atoms with van der Waals surface area (Å²) < 4.78 is 1.18. The number of rotatable bonds is 3. The molecule has 0 radical (unpaired) electrons. The minimum atomic E-state index is 0.281. The molecule has 1 atom stereocenters. The predicted molar refractivity (Wildman–Crippen MR) is 83.6 cm³/mol. The van der Waals surface area contributed by atoms with E-state index < -0.39 is 0 Å². The van der Waals surface area contributed by atoms with Crippen LogP contribution in [0.3, 0.4) is 0 Å². The average Bonchev–Trinajstić information content (AvgIpc) is 2.73. The molecule has 2 aromatic rings. The number of benzene rings is 1. The maximum Gasteiger partial charge on any atom is 0.0587 e. The number of nitrogens with one attached hydrogen (secondary N) is 1. The Balaban J connectivity index is 2.52. The molecular formula is C15H18BrNS. The van der Waals surface area contributed by atoms with Crippen molar-refractivity contribution in [2.24, 2.45) is 0 Å². The monoisotopic (exact) mass is 323 g/mol. The zero-order valence-electron chi connectivity index (χ0n) is 11.2. The van der Waals surface area contributed by atoms with Gasteiger partial charge in [-0.3, -0.25) is 0 Å². The Labute approximate surface area is 121 Å². The highest BCUT2D eigenvalue weighted by Gasteiger charge is 2.17. The van der Waals surface area contributed by atoms with E-state index >= 15 is 0 Å². The quantitative estimate of drug-likeness (QED) is 0.859. The van der Waals surface area contributed by atoms with Gasteiger partial charge < -0.3 is 5.32 Å². The summed E-state index contributed by atoms with van der Waals surface area (Å²) in [6.45, 7) is 6.49. The van der Waals surface area contributed by atoms with Crippen LogP contribution in [0, 0.1) is 20.8 Å². The van der Waals surface area contributed by atoms with Crippen molar-refractivity contribution in [3.63, 3.8) is 0 Å². The van der Waals surface area contributed by atoms with Crippen LogP contribution in [-0.4, -0.2) is 7.05 Å². The molecule has 0 bridgehead atoms. The van der Waals surface area contributed by atoms with Crippen molar-refractivity contribution in [3.8, 4) is 0 Å². The highest BCUT2D eigenvalue weighted by molar-refractivity contribution is 9.10. The Kier molecular flexibility index (Phi) is 4.25. The fourth-order valence-electron chi connectivity index (χ4n) is 2.26. The number of thiophene rings is 1. The zero-order valence-corrected chi connectivity index (χ0v) is 13.6. The van der Waals surface area contributed by atoms with Crippen molar-refractivity contribution in [3.05, 3.63) is 55.2 Å². The van der Waals surface area contributed by atoms with Gasteiger partial charge in [-0.25, -0.2) is 0 Å². The van der Waals surface area contributed by atoms with Gasteiger partial charge in [-0.15, -0.1) is 0 Å². The van der Waals surface area contributed by atoms with Crippen LogP contribution in [0.1, 0.15) is 33.9 Å². The van der Waals surface area contributed by atoms with Crippen molar-refractivity contribution in [2.45, 2.75) is 26.8 Å². The van der Waals surface area contributed by atoms with Crippen LogP contribution in [0.4, 0.5) is 0 Å². The SMILES string of the molecule is CNC(c1cscc1C)c1cc(C)c(Br)cc1C. The molecule has 3 heteroatoms. The van der Waals surface area contributed by atoms with Gasteiger partial charge in [0.05, 0.1) is 6.04 Å². The van der Waals surface area contributed by atoms with Gasteiger partial charge in [-0.2, -0.15) is 11.3 Å². The molecule has 0 spiro atoms. The second-order valence-electron chi connectivity index (χ2n) is 4.69. The molecule has 2 rings (SSSR count). The first-order valence-electron chi connectivity index (χ1n) is 6.01. The standard InChI is InChI=1S/C15H18BrNS/c1-9-6-14(16)10(2)5-12(9)15(17-4)13-8-18-7-11(13)3/h5-8,15,17H,1-4H3. The molecule has 0 saturated heterocycles. The van der Waals surface area contributed by atoms with E-state index in [2.05, 4.69) is 64.9 Å². The first kappa shape index (κ1) is 13.8. The fraction of sp³-hybridized carbons (Fsp3) is 0.333. The lowest BCUT2D eigenvalue weighted by molar-refractivity contribution is 0.685. The maximum atomic E-state index is 3.60. The van der Waals surface area contributed by atoms with E-state index in [1.807, 2.05) is 7.05 Å². The van der Waals surface area contributed by atoms with E-state index in [0.29, 0.717) is 0 Å². The van der Waals surface area contributed by atoms with E-state index in [0.717, 1.165) is 0 Å². The van der Waals surface area contributed by atoms with Crippen LogP contribution >= 0.6 is 27.3 Å². The number of hydrogen-bond donors (Lipinski definition) is 1. The molecular weight excluding hydrogens is 306 g/mol. The van der Waals surface area contributed by atoms with E-state index in [4.69, 9.17) is 0 Å². The van der Waals surface area contributed by atoms with Gasteiger partial charge in [0.1, 0.15) is 0 Å². The third-order valence-corrected chi connectivity index (χ3v) is 5.09. The van der Waals surface area contributed by atoms with Crippen LogP contribution in [-0.2, 0) is 0 Å². The van der Waals surface area contributed by atoms with Crippen LogP contribution in [0.25, 0.3) is 0 Å². The molecule has 1 heterocycles. The van der Waals surface area contributed by atoms with Gasteiger partial charge in [-0.05, 0) is 72.5 Å². The topological polar surface area (TPSA) is 12.0 Å². The van der Waals surface area contributed by atoms with Gasteiger partial charge in [-0.1, -0.05) is 22.0 Å². The summed E-state index contributed by atoms with van der Waals surface area (Å²) in [5.74, 6) is 0. The normalized spacial score (nSPS) is 12.7. The third kappa shape index (κ3) is 2.53. The molecule has 0 aliphatic heterocycles. The third-order valence-electron chi connectivity index (χ3n) is 3.35. The van der Waals surface area contributed by atoms with Gasteiger partial charge in [0, 0.05) is 4.47 Å². The van der Waals surface area contributed by atoms with Gasteiger partial charge >= 0.3 is 0 Å². The highest BCUT2D eigenvalue weighted by Crippen LogP contribution is 2.32. The fourth-order valence-corrected chi connectivity index (χ4v) is 3.59. The molecule has 18 heavy (non-hydrogen) atoms. The first-order valence-corrected chi connectivity index (χ1v) is 7.74. The molecule has 96 valence electrons. The minimum Gasteiger partial charge on any atom is -0.309 e. The Morgan fingerprint density at radius 1 is 1.00 bits per heavy atom. The lowest BCUT2D eigenvalue weighted by atomic mass is 9.93. The molecule has 0 fully saturated rings. The summed E-state index contributed by atoms with van der Waals surface area (Å²) in [5, 5.41) is 7.89. The van der Waals surface area contributed by atoms with Crippen molar-refractivity contribution in [2.75, 3.05) is 7.05 Å². The van der Waals surface area contributed by atoms with E-state index in [9.17, 15) is 0 Å². The number of hydrogen-bond acceptors (Lipinski definition) is 2. The van der Waals surface area contributed by atoms with Crippen molar-refractivity contribution >= 4 is 27.3 Å². The summed E-state index contributed by atoms with van der Waals surface area (Å²) >= 11 is 5.36. The Morgan fingerprint density at radius 3 is 2.28 bits per heavy atom. The maximum absolute atomic E-state index is 3.60. The predicted octanol–water partition coefficient (Wildman–Crippen LogP) is 4.74. The van der Waals surface area contributed by atoms with Crippen LogP contribution in [0.2, 0.25) is 0 Å². The second kappa shape index (κ2) is 5.55. The zero-order chi connectivity index (χ0) is 13.3. The smallest absolute Gasteiger partial charge is 0.0587 e.